The summed E-state index contributed by atoms with van der Waals surface area (Å²) in [5.41, 5.74) is 0.0226. The van der Waals surface area contributed by atoms with Crippen molar-refractivity contribution in [3.05, 3.63) is 11.6 Å². The number of aliphatic carboxylic acids is 1. The molecule has 5 N–H and O–H groups in total. The van der Waals surface area contributed by atoms with Crippen molar-refractivity contribution >= 4 is 5.97 Å². The van der Waals surface area contributed by atoms with Gasteiger partial charge in [-0.1, -0.05) is 32.4 Å². The molecule has 1 saturated heterocycles. The molecule has 6 aliphatic rings. The normalized spacial score (nSPS) is 54.1. The van der Waals surface area contributed by atoms with E-state index in [1.165, 1.54) is 24.8 Å². The molecule has 0 aromatic rings. The largest absolute Gasteiger partial charge is 0.481 e. The van der Waals surface area contributed by atoms with Crippen LogP contribution in [-0.4, -0.2) is 74.9 Å². The molecule has 5 aliphatic carbocycles. The van der Waals surface area contributed by atoms with Gasteiger partial charge in [-0.05, 0) is 118 Å². The van der Waals surface area contributed by atoms with Crippen LogP contribution in [0.25, 0.3) is 0 Å². The van der Waals surface area contributed by atoms with Gasteiger partial charge >= 0.3 is 5.97 Å². The van der Waals surface area contributed by atoms with Crippen molar-refractivity contribution in [1.82, 2.24) is 0 Å². The lowest BCUT2D eigenvalue weighted by atomic mass is 9.41. The van der Waals surface area contributed by atoms with E-state index in [1.54, 1.807) is 6.92 Å². The van der Waals surface area contributed by atoms with Gasteiger partial charge in [-0.15, -0.1) is 0 Å². The lowest BCUT2D eigenvalue weighted by Gasteiger charge is -2.64. The maximum Gasteiger partial charge on any atom is 0.312 e. The van der Waals surface area contributed by atoms with Crippen molar-refractivity contribution in [1.29, 1.82) is 0 Å². The molecule has 244 valence electrons. The summed E-state index contributed by atoms with van der Waals surface area (Å²) in [5, 5.41) is 53.2. The Balaban J connectivity index is 1.27. The molecule has 43 heavy (non-hydrogen) atoms. The fraction of sp³-hybridized carbons (Fsp3) is 0.914. The molecule has 5 saturated carbocycles. The average Bonchev–Trinajstić information content (AvgIpc) is 3.47. The van der Waals surface area contributed by atoms with Crippen molar-refractivity contribution in [2.75, 3.05) is 6.61 Å². The van der Waals surface area contributed by atoms with Crippen LogP contribution in [0.2, 0.25) is 0 Å². The van der Waals surface area contributed by atoms with Gasteiger partial charge in [-0.25, -0.2) is 0 Å². The Labute approximate surface area is 257 Å². The zero-order valence-electron chi connectivity index (χ0n) is 27.1. The Morgan fingerprint density at radius 2 is 1.70 bits per heavy atom. The number of carboxylic acids is 1. The standard InChI is InChI=1S/C35H56O8/c1-19(2)8-7-9-20(3)21-12-13-32(5)23-10-11-24-33(6,30(40)41)26(43-29-28(39)27(38)22(17-36)42-29)16-25(37)35(24)18-34(23,35)15-14-31(21,32)4/h8,20-29,36-39H,7,9-18H2,1-6H3,(H,40,41). The van der Waals surface area contributed by atoms with E-state index in [1.807, 2.05) is 0 Å². The topological polar surface area (TPSA) is 137 Å². The van der Waals surface area contributed by atoms with Crippen LogP contribution in [0.4, 0.5) is 0 Å². The number of hydrogen-bond donors (Lipinski definition) is 5. The Morgan fingerprint density at radius 1 is 1.00 bits per heavy atom. The van der Waals surface area contributed by atoms with Crippen molar-refractivity contribution in [3.8, 4) is 0 Å². The maximum absolute atomic E-state index is 13.2. The predicted molar refractivity (Wildman–Crippen MR) is 161 cm³/mol. The van der Waals surface area contributed by atoms with Crippen molar-refractivity contribution in [3.63, 3.8) is 0 Å². The SMILES string of the molecule is CC(C)=CCCC(C)C1CCC2(C)C3CCC4C(C)(C(=O)O)C(OC5OC(CO)C(O)C5O)CC(O)C45CC35CCC12C. The monoisotopic (exact) mass is 604 g/mol. The molecule has 2 spiro atoms. The summed E-state index contributed by atoms with van der Waals surface area (Å²) in [6.45, 7) is 13.2. The number of rotatable bonds is 8. The van der Waals surface area contributed by atoms with Crippen LogP contribution in [0.15, 0.2) is 11.6 Å². The van der Waals surface area contributed by atoms with Crippen molar-refractivity contribution < 1.29 is 39.8 Å². The van der Waals surface area contributed by atoms with E-state index in [0.29, 0.717) is 17.8 Å². The highest BCUT2D eigenvalue weighted by molar-refractivity contribution is 5.76. The van der Waals surface area contributed by atoms with Crippen molar-refractivity contribution in [2.24, 2.45) is 50.7 Å². The molecular formula is C35H56O8. The summed E-state index contributed by atoms with van der Waals surface area (Å²) in [6.07, 6.45) is 5.50. The number of aliphatic hydroxyl groups is 4. The van der Waals surface area contributed by atoms with Crippen LogP contribution >= 0.6 is 0 Å². The van der Waals surface area contributed by atoms with E-state index in [0.717, 1.165) is 38.5 Å². The van der Waals surface area contributed by atoms with E-state index in [4.69, 9.17) is 9.47 Å². The molecule has 0 aromatic carbocycles. The Bertz CT molecular complexity index is 1140. The summed E-state index contributed by atoms with van der Waals surface area (Å²) in [7, 11) is 0. The second-order valence-corrected chi connectivity index (χ2v) is 16.5. The molecule has 6 rings (SSSR count). The highest BCUT2D eigenvalue weighted by Crippen LogP contribution is 2.89. The van der Waals surface area contributed by atoms with Gasteiger partial charge in [-0.3, -0.25) is 4.79 Å². The molecule has 1 aliphatic heterocycles. The van der Waals surface area contributed by atoms with Crippen LogP contribution in [0.3, 0.4) is 0 Å². The number of fused-ring (bicyclic) bond motifs is 2. The molecular weight excluding hydrogens is 548 g/mol. The van der Waals surface area contributed by atoms with E-state index >= 15 is 0 Å². The predicted octanol–water partition coefficient (Wildman–Crippen LogP) is 4.67. The number of ether oxygens (including phenoxy) is 2. The molecule has 1 heterocycles. The van der Waals surface area contributed by atoms with Crippen LogP contribution in [-0.2, 0) is 14.3 Å². The van der Waals surface area contributed by atoms with E-state index in [-0.39, 0.29) is 28.6 Å². The van der Waals surface area contributed by atoms with Gasteiger partial charge in [0.05, 0.1) is 24.2 Å². The Morgan fingerprint density at radius 3 is 2.33 bits per heavy atom. The zero-order valence-corrected chi connectivity index (χ0v) is 27.1. The van der Waals surface area contributed by atoms with Gasteiger partial charge in [-0.2, -0.15) is 0 Å². The second-order valence-electron chi connectivity index (χ2n) is 16.5. The van der Waals surface area contributed by atoms with Gasteiger partial charge in [0.1, 0.15) is 18.3 Å². The molecule has 6 fully saturated rings. The van der Waals surface area contributed by atoms with E-state index < -0.39 is 60.2 Å². The van der Waals surface area contributed by atoms with Crippen LogP contribution in [0, 0.1) is 50.7 Å². The summed E-state index contributed by atoms with van der Waals surface area (Å²) in [5.74, 6) is 0.607. The van der Waals surface area contributed by atoms with Crippen LogP contribution in [0.1, 0.15) is 106 Å². The van der Waals surface area contributed by atoms with Crippen molar-refractivity contribution in [2.45, 2.75) is 143 Å². The second kappa shape index (κ2) is 10.5. The van der Waals surface area contributed by atoms with Gasteiger partial charge < -0.3 is 35.0 Å². The van der Waals surface area contributed by atoms with Gasteiger partial charge in [0.2, 0.25) is 0 Å². The Kier molecular flexibility index (Phi) is 7.79. The summed E-state index contributed by atoms with van der Waals surface area (Å²) >= 11 is 0. The lowest BCUT2D eigenvalue weighted by Crippen LogP contribution is -2.64. The first-order chi connectivity index (χ1) is 20.1. The smallest absolute Gasteiger partial charge is 0.312 e. The molecule has 8 nitrogen and oxygen atoms in total. The molecule has 15 unspecified atom stereocenters. The highest BCUT2D eigenvalue weighted by Gasteiger charge is 2.86. The van der Waals surface area contributed by atoms with Gasteiger partial charge in [0.15, 0.2) is 6.29 Å². The summed E-state index contributed by atoms with van der Waals surface area (Å²) < 4.78 is 11.8. The third kappa shape index (κ3) is 4.11. The number of aliphatic hydroxyl groups excluding tert-OH is 4. The van der Waals surface area contributed by atoms with Crippen LogP contribution in [0.5, 0.6) is 0 Å². The van der Waals surface area contributed by atoms with E-state index in [2.05, 4.69) is 40.7 Å². The fourth-order valence-electron chi connectivity index (χ4n) is 12.5. The Hall–Kier alpha value is -1.03. The maximum atomic E-state index is 13.2. The van der Waals surface area contributed by atoms with Crippen LogP contribution < -0.4 is 0 Å². The van der Waals surface area contributed by atoms with E-state index in [9.17, 15) is 30.3 Å². The molecule has 0 amide bonds. The molecule has 0 radical (unpaired) electrons. The molecule has 15 atom stereocenters. The lowest BCUT2D eigenvalue weighted by molar-refractivity contribution is -0.262. The molecule has 0 aromatic heterocycles. The first kappa shape index (κ1) is 31.9. The zero-order chi connectivity index (χ0) is 31.3. The first-order valence-corrected chi connectivity index (χ1v) is 17.0. The average molecular weight is 605 g/mol. The number of carboxylic acid groups (broad SMARTS) is 1. The quantitative estimate of drug-likeness (QED) is 0.252. The fourth-order valence-corrected chi connectivity index (χ4v) is 12.5. The third-order valence-electron chi connectivity index (χ3n) is 14.9. The molecule has 8 heteroatoms. The summed E-state index contributed by atoms with van der Waals surface area (Å²) in [6, 6.07) is 0. The summed E-state index contributed by atoms with van der Waals surface area (Å²) in [4.78, 5) is 13.2. The number of hydrogen-bond acceptors (Lipinski definition) is 7. The number of allylic oxidation sites excluding steroid dienone is 2. The third-order valence-corrected chi connectivity index (χ3v) is 14.9. The molecule has 0 bridgehead atoms. The van der Waals surface area contributed by atoms with Gasteiger partial charge in [0, 0.05) is 11.8 Å². The minimum absolute atomic E-state index is 0.0486. The first-order valence-electron chi connectivity index (χ1n) is 17.0. The van der Waals surface area contributed by atoms with Gasteiger partial charge in [0.25, 0.3) is 0 Å². The highest BCUT2D eigenvalue weighted by atomic mass is 16.7. The number of carbonyl (C=O) groups is 1. The minimum Gasteiger partial charge on any atom is -0.481 e. The minimum atomic E-state index is -1.40.